The highest BCUT2D eigenvalue weighted by Gasteiger charge is 2.30. The summed E-state index contributed by atoms with van der Waals surface area (Å²) in [4.78, 5) is 42.8. The summed E-state index contributed by atoms with van der Waals surface area (Å²) >= 11 is 3.52. The van der Waals surface area contributed by atoms with E-state index in [0.29, 0.717) is 45.3 Å². The van der Waals surface area contributed by atoms with Gasteiger partial charge in [0.1, 0.15) is 5.82 Å². The lowest BCUT2D eigenvalue weighted by Gasteiger charge is -2.26. The summed E-state index contributed by atoms with van der Waals surface area (Å²) in [5.41, 5.74) is 2.61. The van der Waals surface area contributed by atoms with Gasteiger partial charge in [0.2, 0.25) is 5.43 Å². The number of rotatable bonds is 6. The number of aromatic nitrogens is 1. The third-order valence-corrected chi connectivity index (χ3v) is 7.66. The van der Waals surface area contributed by atoms with Crippen LogP contribution in [0.15, 0.2) is 76.1 Å². The lowest BCUT2D eigenvalue weighted by Crippen LogP contribution is -2.39. The maximum Gasteiger partial charge on any atom is 0.254 e. The molecule has 3 aromatic carbocycles. The monoisotopic (exact) mass is 561 g/mol. The Morgan fingerprint density at radius 1 is 1.14 bits per heavy atom. The molecule has 2 heterocycles. The summed E-state index contributed by atoms with van der Waals surface area (Å²) < 4.78 is 15.5. The van der Waals surface area contributed by atoms with Crippen molar-refractivity contribution in [3.63, 3.8) is 0 Å². The summed E-state index contributed by atoms with van der Waals surface area (Å²) in [7, 11) is 0. The zero-order chi connectivity index (χ0) is 26.1. The SMILES string of the molecule is CC(=O)c1c[nH]c2ccc(NCC3CCCN3C(=O)c3ccc(-c4ccccc4)c(F)c3)c(Br)c2c1=O. The molecule has 0 saturated carbocycles. The van der Waals surface area contributed by atoms with E-state index < -0.39 is 5.82 Å². The van der Waals surface area contributed by atoms with Crippen LogP contribution in [-0.4, -0.2) is 40.7 Å². The average molecular weight is 562 g/mol. The van der Waals surface area contributed by atoms with Gasteiger partial charge in [0.25, 0.3) is 5.91 Å². The quantitative estimate of drug-likeness (QED) is 0.282. The highest BCUT2D eigenvalue weighted by Crippen LogP contribution is 2.30. The smallest absolute Gasteiger partial charge is 0.254 e. The van der Waals surface area contributed by atoms with Crippen LogP contribution in [0.3, 0.4) is 0 Å². The third-order valence-electron chi connectivity index (χ3n) is 6.83. The van der Waals surface area contributed by atoms with E-state index in [9.17, 15) is 18.8 Å². The summed E-state index contributed by atoms with van der Waals surface area (Å²) in [5.74, 6) is -0.939. The van der Waals surface area contributed by atoms with Gasteiger partial charge in [0, 0.05) is 42.1 Å². The number of benzene rings is 3. The zero-order valence-corrected chi connectivity index (χ0v) is 21.8. The van der Waals surface area contributed by atoms with Crippen LogP contribution in [0.5, 0.6) is 0 Å². The van der Waals surface area contributed by atoms with Crippen LogP contribution in [0.25, 0.3) is 22.0 Å². The van der Waals surface area contributed by atoms with Crippen molar-refractivity contribution in [1.29, 1.82) is 0 Å². The number of nitrogens with zero attached hydrogens (tertiary/aromatic N) is 1. The minimum atomic E-state index is -0.429. The Balaban J connectivity index is 1.34. The Labute approximate surface area is 221 Å². The highest BCUT2D eigenvalue weighted by molar-refractivity contribution is 9.10. The molecule has 8 heteroatoms. The number of amides is 1. The van der Waals surface area contributed by atoms with Crippen LogP contribution >= 0.6 is 15.9 Å². The van der Waals surface area contributed by atoms with Crippen molar-refractivity contribution in [2.24, 2.45) is 0 Å². The topological polar surface area (TPSA) is 82.3 Å². The number of aromatic amines is 1. The number of carbonyl (C=O) groups is 2. The number of pyridine rings is 1. The number of hydrogen-bond donors (Lipinski definition) is 2. The van der Waals surface area contributed by atoms with Gasteiger partial charge in [-0.2, -0.15) is 0 Å². The second-order valence-corrected chi connectivity index (χ2v) is 9.97. The van der Waals surface area contributed by atoms with Gasteiger partial charge in [-0.05, 0) is 65.5 Å². The van der Waals surface area contributed by atoms with E-state index in [1.165, 1.54) is 19.2 Å². The van der Waals surface area contributed by atoms with Crippen LogP contribution in [0, 0.1) is 5.82 Å². The summed E-state index contributed by atoms with van der Waals surface area (Å²) in [6, 6.07) is 17.4. The van der Waals surface area contributed by atoms with Crippen molar-refractivity contribution in [3.05, 3.63) is 98.5 Å². The fourth-order valence-corrected chi connectivity index (χ4v) is 5.54. The predicted octanol–water partition coefficient (Wildman–Crippen LogP) is 6.02. The third kappa shape index (κ3) is 4.81. The molecule has 2 N–H and O–H groups in total. The molecule has 1 amide bonds. The summed E-state index contributed by atoms with van der Waals surface area (Å²) in [6.45, 7) is 2.41. The molecule has 4 aromatic rings. The molecular weight excluding hydrogens is 537 g/mol. The van der Waals surface area contributed by atoms with Crippen LogP contribution in [0.4, 0.5) is 10.1 Å². The normalized spacial score (nSPS) is 15.2. The largest absolute Gasteiger partial charge is 0.382 e. The van der Waals surface area contributed by atoms with E-state index >= 15 is 0 Å². The molecule has 5 rings (SSSR count). The number of ketones is 1. The number of H-pyrrole nitrogens is 1. The van der Waals surface area contributed by atoms with E-state index in [4.69, 9.17) is 0 Å². The molecule has 1 atom stereocenters. The van der Waals surface area contributed by atoms with Crippen LogP contribution in [-0.2, 0) is 0 Å². The van der Waals surface area contributed by atoms with Gasteiger partial charge < -0.3 is 15.2 Å². The molecule has 0 aliphatic carbocycles. The molecule has 0 radical (unpaired) electrons. The Hall–Kier alpha value is -3.78. The first-order valence-corrected chi connectivity index (χ1v) is 12.9. The number of anilines is 1. The van der Waals surface area contributed by atoms with E-state index in [1.807, 2.05) is 36.4 Å². The van der Waals surface area contributed by atoms with Gasteiger partial charge in [-0.1, -0.05) is 36.4 Å². The average Bonchev–Trinajstić information content (AvgIpc) is 3.36. The number of halogens is 2. The Morgan fingerprint density at radius 2 is 1.92 bits per heavy atom. The lowest BCUT2D eigenvalue weighted by molar-refractivity contribution is 0.0743. The van der Waals surface area contributed by atoms with Crippen molar-refractivity contribution in [1.82, 2.24) is 9.88 Å². The molecule has 1 unspecified atom stereocenters. The van der Waals surface area contributed by atoms with E-state index in [-0.39, 0.29) is 28.7 Å². The number of carbonyl (C=O) groups excluding carboxylic acids is 2. The number of fused-ring (bicyclic) bond motifs is 1. The van der Waals surface area contributed by atoms with Gasteiger partial charge in [0.05, 0.1) is 20.9 Å². The van der Waals surface area contributed by atoms with Crippen LogP contribution < -0.4 is 10.7 Å². The first kappa shape index (κ1) is 24.9. The molecule has 0 spiro atoms. The molecule has 37 heavy (non-hydrogen) atoms. The maximum absolute atomic E-state index is 14.9. The van der Waals surface area contributed by atoms with Gasteiger partial charge in [-0.3, -0.25) is 14.4 Å². The minimum Gasteiger partial charge on any atom is -0.382 e. The van der Waals surface area contributed by atoms with E-state index in [0.717, 1.165) is 18.4 Å². The molecule has 188 valence electrons. The number of nitrogens with one attached hydrogen (secondary N) is 2. The number of hydrogen-bond acceptors (Lipinski definition) is 4. The maximum atomic E-state index is 14.9. The Morgan fingerprint density at radius 3 is 2.65 bits per heavy atom. The summed E-state index contributed by atoms with van der Waals surface area (Å²) in [5, 5.41) is 3.74. The first-order chi connectivity index (χ1) is 17.8. The fourth-order valence-electron chi connectivity index (χ4n) is 4.88. The standard InChI is InChI=1S/C29H25BrFN3O3/c1-17(35)22-16-33-24-11-12-25(27(30)26(24)28(22)36)32-15-20-8-5-13-34(20)29(37)19-9-10-21(23(31)14-19)18-6-3-2-4-7-18/h2-4,6-7,9-12,14,16,20,32H,5,8,13,15H2,1H3,(H,33,36). The molecule has 1 aliphatic rings. The van der Waals surface area contributed by atoms with Gasteiger partial charge in [-0.15, -0.1) is 0 Å². The molecular formula is C29H25BrFN3O3. The van der Waals surface area contributed by atoms with Crippen molar-refractivity contribution in [2.75, 3.05) is 18.4 Å². The van der Waals surface area contributed by atoms with Gasteiger partial charge >= 0.3 is 0 Å². The lowest BCUT2D eigenvalue weighted by atomic mass is 10.0. The van der Waals surface area contributed by atoms with Gasteiger partial charge in [0.15, 0.2) is 5.78 Å². The second kappa shape index (κ2) is 10.3. The molecule has 1 aromatic heterocycles. The fraction of sp³-hybridized carbons (Fsp3) is 0.207. The molecule has 1 saturated heterocycles. The Kier molecular flexibility index (Phi) is 6.93. The van der Waals surface area contributed by atoms with Crippen molar-refractivity contribution < 1.29 is 14.0 Å². The second-order valence-electron chi connectivity index (χ2n) is 9.17. The van der Waals surface area contributed by atoms with Crippen molar-refractivity contribution in [2.45, 2.75) is 25.8 Å². The van der Waals surface area contributed by atoms with Crippen molar-refractivity contribution >= 4 is 44.2 Å². The number of likely N-dealkylation sites (tertiary alicyclic amines) is 1. The van der Waals surface area contributed by atoms with Gasteiger partial charge in [-0.25, -0.2) is 4.39 Å². The van der Waals surface area contributed by atoms with Crippen LogP contribution in [0.2, 0.25) is 0 Å². The minimum absolute atomic E-state index is 0.0891. The molecule has 0 bridgehead atoms. The van der Waals surface area contributed by atoms with Crippen molar-refractivity contribution in [3.8, 4) is 11.1 Å². The van der Waals surface area contributed by atoms with E-state index in [2.05, 4.69) is 26.2 Å². The summed E-state index contributed by atoms with van der Waals surface area (Å²) in [6.07, 6.45) is 3.09. The van der Waals surface area contributed by atoms with E-state index in [1.54, 1.807) is 23.1 Å². The van der Waals surface area contributed by atoms with Crippen LogP contribution in [0.1, 0.15) is 40.5 Å². The number of Topliss-reactive ketones (excluding diaryl/α,β-unsaturated/α-hetero) is 1. The predicted molar refractivity (Wildman–Crippen MR) is 147 cm³/mol. The first-order valence-electron chi connectivity index (χ1n) is 12.1. The molecule has 1 fully saturated rings. The molecule has 6 nitrogen and oxygen atoms in total. The highest BCUT2D eigenvalue weighted by atomic mass is 79.9. The zero-order valence-electron chi connectivity index (χ0n) is 20.2. The Bertz CT molecular complexity index is 1570. The molecule has 1 aliphatic heterocycles.